The molecule has 3 N–H and O–H groups in total. The van der Waals surface area contributed by atoms with E-state index < -0.39 is 67.3 Å². The van der Waals surface area contributed by atoms with Crippen molar-refractivity contribution in [3.63, 3.8) is 0 Å². The van der Waals surface area contributed by atoms with Crippen molar-refractivity contribution in [1.29, 1.82) is 0 Å². The molecular formula is C65H104O12. The van der Waals surface area contributed by atoms with Gasteiger partial charge in [0.05, 0.1) is 6.61 Å². The Labute approximate surface area is 465 Å². The van der Waals surface area contributed by atoms with E-state index in [1.807, 2.05) is 12.2 Å². The Kier molecular flexibility index (Phi) is 47.6. The predicted octanol–water partition coefficient (Wildman–Crippen LogP) is 15.4. The van der Waals surface area contributed by atoms with Gasteiger partial charge in [-0.2, -0.15) is 0 Å². The largest absolute Gasteiger partial charge is 0.479 e. The summed E-state index contributed by atoms with van der Waals surface area (Å²) >= 11 is 0. The van der Waals surface area contributed by atoms with Gasteiger partial charge in [0, 0.05) is 19.3 Å². The molecule has 0 aliphatic carbocycles. The smallest absolute Gasteiger partial charge is 0.335 e. The highest BCUT2D eigenvalue weighted by Gasteiger charge is 2.50. The number of hydrogen-bond acceptors (Lipinski definition) is 11. The van der Waals surface area contributed by atoms with Crippen LogP contribution in [0.5, 0.6) is 0 Å². The molecule has 1 heterocycles. The second-order valence-electron chi connectivity index (χ2n) is 19.9. The third kappa shape index (κ3) is 42.1. The minimum Gasteiger partial charge on any atom is -0.479 e. The van der Waals surface area contributed by atoms with Crippen molar-refractivity contribution in [3.8, 4) is 0 Å². The molecule has 12 nitrogen and oxygen atoms in total. The molecule has 0 bridgehead atoms. The van der Waals surface area contributed by atoms with Crippen LogP contribution in [0.4, 0.5) is 0 Å². The summed E-state index contributed by atoms with van der Waals surface area (Å²) in [7, 11) is 0. The zero-order valence-corrected chi connectivity index (χ0v) is 47.9. The van der Waals surface area contributed by atoms with Gasteiger partial charge in [-0.1, -0.05) is 226 Å². The number of unbranched alkanes of at least 4 members (excludes halogenated alkanes) is 17. The van der Waals surface area contributed by atoms with Crippen molar-refractivity contribution >= 4 is 23.9 Å². The summed E-state index contributed by atoms with van der Waals surface area (Å²) in [5.41, 5.74) is 0. The first-order valence-corrected chi connectivity index (χ1v) is 29.9. The number of aliphatic hydroxyl groups excluding tert-OH is 2. The molecule has 1 aliphatic heterocycles. The number of carboxylic acids is 1. The van der Waals surface area contributed by atoms with Crippen molar-refractivity contribution in [2.75, 3.05) is 13.2 Å². The Bertz CT molecular complexity index is 1750. The third-order valence-corrected chi connectivity index (χ3v) is 12.9. The van der Waals surface area contributed by atoms with Gasteiger partial charge in [-0.25, -0.2) is 4.79 Å². The number of aliphatic hydroxyl groups is 2. The van der Waals surface area contributed by atoms with E-state index in [1.54, 1.807) is 0 Å². The summed E-state index contributed by atoms with van der Waals surface area (Å²) in [4.78, 5) is 51.1. The first-order chi connectivity index (χ1) is 37.6. The number of aliphatic carboxylic acids is 1. The first kappa shape index (κ1) is 70.4. The lowest BCUT2D eigenvalue weighted by molar-refractivity contribution is -0.301. The molecule has 0 aromatic heterocycles. The van der Waals surface area contributed by atoms with Crippen LogP contribution in [0.15, 0.2) is 109 Å². The molecular weight excluding hydrogens is 973 g/mol. The highest BCUT2D eigenvalue weighted by molar-refractivity contribution is 5.74. The SMILES string of the molecule is CC/C=C\C/C=C\C/C=C\C/C=C\C/C=C\C/C=C\CCC(=O)OCC(COC1OC(C(=O)O)C(O)C(O)C1OC(=O)CCCCCCCCCCCCC)OC(=O)CCCCCCCCC/C=C\C/C=C\C/C=C\CC. The number of esters is 3. The van der Waals surface area contributed by atoms with E-state index in [0.29, 0.717) is 19.3 Å². The van der Waals surface area contributed by atoms with Gasteiger partial charge in [0.2, 0.25) is 0 Å². The molecule has 1 aliphatic rings. The number of allylic oxidation sites excluding steroid dienone is 18. The molecule has 0 spiro atoms. The highest BCUT2D eigenvalue weighted by Crippen LogP contribution is 2.26. The topological polar surface area (TPSA) is 175 Å². The first-order valence-electron chi connectivity index (χ1n) is 29.9. The predicted molar refractivity (Wildman–Crippen MR) is 312 cm³/mol. The maximum absolute atomic E-state index is 13.2. The average Bonchev–Trinajstić information content (AvgIpc) is 3.42. The van der Waals surface area contributed by atoms with Crippen molar-refractivity contribution in [2.24, 2.45) is 0 Å². The van der Waals surface area contributed by atoms with E-state index in [-0.39, 0.29) is 25.9 Å². The van der Waals surface area contributed by atoms with Crippen molar-refractivity contribution < 1.29 is 58.2 Å². The molecule has 0 aromatic rings. The molecule has 77 heavy (non-hydrogen) atoms. The van der Waals surface area contributed by atoms with E-state index in [2.05, 4.69) is 118 Å². The molecule has 436 valence electrons. The van der Waals surface area contributed by atoms with Gasteiger partial charge in [0.25, 0.3) is 0 Å². The molecule has 6 unspecified atom stereocenters. The van der Waals surface area contributed by atoms with E-state index in [9.17, 15) is 34.5 Å². The fraction of sp³-hybridized carbons (Fsp3) is 0.662. The van der Waals surface area contributed by atoms with Crippen molar-refractivity contribution in [3.05, 3.63) is 109 Å². The van der Waals surface area contributed by atoms with Crippen molar-refractivity contribution in [2.45, 2.75) is 263 Å². The summed E-state index contributed by atoms with van der Waals surface area (Å²) in [5.74, 6) is -3.25. The van der Waals surface area contributed by atoms with Crippen LogP contribution in [0.3, 0.4) is 0 Å². The third-order valence-electron chi connectivity index (χ3n) is 12.9. The summed E-state index contributed by atoms with van der Waals surface area (Å²) in [5, 5.41) is 31.4. The highest BCUT2D eigenvalue weighted by atomic mass is 16.7. The van der Waals surface area contributed by atoms with Crippen LogP contribution in [0.2, 0.25) is 0 Å². The number of rotatable bonds is 49. The molecule has 12 heteroatoms. The lowest BCUT2D eigenvalue weighted by Gasteiger charge is -2.40. The Morgan fingerprint density at radius 3 is 1.30 bits per heavy atom. The average molecular weight is 1080 g/mol. The van der Waals surface area contributed by atoms with Gasteiger partial charge in [-0.15, -0.1) is 0 Å². The maximum Gasteiger partial charge on any atom is 0.335 e. The number of carbonyl (C=O) groups is 4. The van der Waals surface area contributed by atoms with Crippen LogP contribution in [0.1, 0.15) is 226 Å². The molecule has 0 saturated carbocycles. The van der Waals surface area contributed by atoms with Gasteiger partial charge in [-0.3, -0.25) is 14.4 Å². The maximum atomic E-state index is 13.2. The molecule has 1 saturated heterocycles. The van der Waals surface area contributed by atoms with Gasteiger partial charge in [-0.05, 0) is 89.9 Å². The van der Waals surface area contributed by atoms with E-state index in [4.69, 9.17) is 23.7 Å². The normalized spacial score (nSPS) is 18.8. The second-order valence-corrected chi connectivity index (χ2v) is 19.9. The summed E-state index contributed by atoms with van der Waals surface area (Å²) < 4.78 is 28.3. The van der Waals surface area contributed by atoms with E-state index >= 15 is 0 Å². The van der Waals surface area contributed by atoms with Gasteiger partial charge in [0.1, 0.15) is 18.8 Å². The zero-order chi connectivity index (χ0) is 56.1. The fourth-order valence-corrected chi connectivity index (χ4v) is 8.35. The lowest BCUT2D eigenvalue weighted by Crippen LogP contribution is -2.61. The van der Waals surface area contributed by atoms with Gasteiger partial charge in [0.15, 0.2) is 24.6 Å². The van der Waals surface area contributed by atoms with Crippen LogP contribution in [0.25, 0.3) is 0 Å². The Morgan fingerprint density at radius 2 is 0.844 bits per heavy atom. The van der Waals surface area contributed by atoms with Gasteiger partial charge < -0.3 is 39.0 Å². The van der Waals surface area contributed by atoms with Crippen LogP contribution < -0.4 is 0 Å². The summed E-state index contributed by atoms with van der Waals surface area (Å²) in [6.07, 6.45) is 57.9. The summed E-state index contributed by atoms with van der Waals surface area (Å²) in [6, 6.07) is 0. The quantitative estimate of drug-likeness (QED) is 0.0228. The molecule has 6 atom stereocenters. The lowest BCUT2D eigenvalue weighted by atomic mass is 9.98. The Balaban J connectivity index is 2.74. The van der Waals surface area contributed by atoms with Gasteiger partial charge >= 0.3 is 23.9 Å². The van der Waals surface area contributed by atoms with E-state index in [1.165, 1.54) is 38.5 Å². The standard InChI is InChI=1S/C65H104O12/c1-4-7-10-13-16-19-22-24-26-28-29-31-32-34-37-39-42-45-48-51-57(66)73-54-56(75-58(67)52-49-46-43-41-38-35-33-30-27-25-23-20-17-14-11-8-5-2)55-74-65-63(61(70)60(69)62(77-65)64(71)72)76-59(68)53-50-47-44-40-36-21-18-15-12-9-6-3/h7-8,10-11,16-17,19-20,24-27,29,31,34,37,42,45,56,60-63,65,69-70H,4-6,9,12-15,18,21-23,28,30,32-33,35-36,38-41,43-44,46-55H2,1-3H3,(H,71,72)/b10-7-,11-8-,19-16-,20-17-,26-24-,27-25-,31-29-,37-34-,45-42-. The minimum atomic E-state index is -1.92. The monoisotopic (exact) mass is 1080 g/mol. The number of ether oxygens (including phenoxy) is 5. The minimum absolute atomic E-state index is 0.0495. The van der Waals surface area contributed by atoms with Crippen LogP contribution >= 0.6 is 0 Å². The Morgan fingerprint density at radius 1 is 0.442 bits per heavy atom. The summed E-state index contributed by atoms with van der Waals surface area (Å²) in [6.45, 7) is 5.67. The molecule has 0 amide bonds. The van der Waals surface area contributed by atoms with Crippen LogP contribution in [-0.2, 0) is 42.9 Å². The van der Waals surface area contributed by atoms with Crippen molar-refractivity contribution in [1.82, 2.24) is 0 Å². The van der Waals surface area contributed by atoms with Crippen LogP contribution in [0, 0.1) is 0 Å². The van der Waals surface area contributed by atoms with Crippen LogP contribution in [-0.4, -0.2) is 89.2 Å². The zero-order valence-electron chi connectivity index (χ0n) is 47.9. The Hall–Kier alpha value is -4.62. The molecule has 1 fully saturated rings. The van der Waals surface area contributed by atoms with E-state index in [0.717, 1.165) is 128 Å². The number of carboxylic acid groups (broad SMARTS) is 1. The fourth-order valence-electron chi connectivity index (χ4n) is 8.35. The molecule has 1 rings (SSSR count). The number of hydrogen-bond donors (Lipinski definition) is 3. The molecule has 0 radical (unpaired) electrons. The number of carbonyl (C=O) groups excluding carboxylic acids is 3. The molecule has 0 aromatic carbocycles. The second kappa shape index (κ2) is 52.1.